The van der Waals surface area contributed by atoms with Crippen molar-refractivity contribution in [2.75, 3.05) is 6.54 Å². The lowest BCUT2D eigenvalue weighted by molar-refractivity contribution is -0.121. The first-order chi connectivity index (χ1) is 14.7. The van der Waals surface area contributed by atoms with E-state index in [1.807, 2.05) is 48.5 Å². The maximum Gasteiger partial charge on any atom is 0.421 e. The Kier molecular flexibility index (Phi) is 4.55. The van der Waals surface area contributed by atoms with Gasteiger partial charge in [-0.2, -0.15) is 0 Å². The first-order valence-corrected chi connectivity index (χ1v) is 9.77. The zero-order valence-electron chi connectivity index (χ0n) is 16.1. The molecule has 0 atom stereocenters. The van der Waals surface area contributed by atoms with Gasteiger partial charge < -0.3 is 14.5 Å². The number of oxazole rings is 1. The molecule has 0 aliphatic carbocycles. The Balaban J connectivity index is 1.30. The Morgan fingerprint density at radius 3 is 2.43 bits per heavy atom. The van der Waals surface area contributed by atoms with E-state index in [1.54, 1.807) is 18.3 Å². The summed E-state index contributed by atoms with van der Waals surface area (Å²) in [7, 11) is 0. The number of ether oxygens (including phenoxy) is 1. The van der Waals surface area contributed by atoms with E-state index in [-0.39, 0.29) is 24.8 Å². The molecule has 4 aromatic rings. The molecule has 150 valence electrons. The number of hydrogen-bond acceptors (Lipinski definition) is 5. The van der Waals surface area contributed by atoms with Crippen LogP contribution in [0.3, 0.4) is 0 Å². The summed E-state index contributed by atoms with van der Waals surface area (Å²) < 4.78 is 12.6. The van der Waals surface area contributed by atoms with Crippen LogP contribution in [0.1, 0.15) is 23.5 Å². The van der Waals surface area contributed by atoms with Crippen molar-refractivity contribution in [2.24, 2.45) is 0 Å². The van der Waals surface area contributed by atoms with E-state index < -0.39 is 5.76 Å². The van der Waals surface area contributed by atoms with Gasteiger partial charge >= 0.3 is 5.76 Å². The topological polar surface area (TPSA) is 86.4 Å². The number of benzene rings is 2. The van der Waals surface area contributed by atoms with Crippen LogP contribution in [0.4, 0.5) is 0 Å². The van der Waals surface area contributed by atoms with Crippen molar-refractivity contribution in [1.29, 1.82) is 0 Å². The number of fused-ring (bicyclic) bond motifs is 3. The van der Waals surface area contributed by atoms with Crippen LogP contribution < -0.4 is 15.8 Å². The Morgan fingerprint density at radius 1 is 1.00 bits per heavy atom. The number of rotatable bonds is 5. The lowest BCUT2D eigenvalue weighted by Crippen LogP contribution is -2.31. The molecule has 30 heavy (non-hydrogen) atoms. The number of carbonyl (C=O) groups is 1. The van der Waals surface area contributed by atoms with Crippen LogP contribution in [0.5, 0.6) is 11.5 Å². The molecule has 7 heteroatoms. The summed E-state index contributed by atoms with van der Waals surface area (Å²) in [6, 6.07) is 19.0. The summed E-state index contributed by atoms with van der Waals surface area (Å²) in [5.74, 6) is 0.879. The minimum atomic E-state index is -0.481. The lowest BCUT2D eigenvalue weighted by atomic mass is 9.85. The van der Waals surface area contributed by atoms with Gasteiger partial charge in [-0.05, 0) is 24.3 Å². The number of nitrogens with one attached hydrogen (secondary N) is 1. The zero-order valence-corrected chi connectivity index (χ0v) is 16.1. The number of carbonyl (C=O) groups excluding carboxylic acids is 1. The molecule has 2 aromatic heterocycles. The van der Waals surface area contributed by atoms with Gasteiger partial charge in [-0.3, -0.25) is 9.36 Å². The van der Waals surface area contributed by atoms with E-state index in [1.165, 1.54) is 4.57 Å². The fraction of sp³-hybridized carbons (Fsp3) is 0.174. The molecule has 1 amide bonds. The maximum absolute atomic E-state index is 12.7. The molecule has 1 N–H and O–H groups in total. The van der Waals surface area contributed by atoms with E-state index >= 15 is 0 Å². The fourth-order valence-corrected chi connectivity index (χ4v) is 3.89. The van der Waals surface area contributed by atoms with Crippen molar-refractivity contribution in [3.05, 3.63) is 88.5 Å². The molecule has 5 rings (SSSR count). The second-order valence-corrected chi connectivity index (χ2v) is 7.13. The zero-order chi connectivity index (χ0) is 20.5. The number of hydrogen-bond donors (Lipinski definition) is 1. The highest BCUT2D eigenvalue weighted by Gasteiger charge is 2.28. The summed E-state index contributed by atoms with van der Waals surface area (Å²) in [5, 5.41) is 2.91. The van der Waals surface area contributed by atoms with E-state index in [0.717, 1.165) is 22.6 Å². The van der Waals surface area contributed by atoms with Gasteiger partial charge in [0.1, 0.15) is 11.5 Å². The van der Waals surface area contributed by atoms with Crippen LogP contribution in [0.2, 0.25) is 0 Å². The molecule has 1 aliphatic heterocycles. The summed E-state index contributed by atoms with van der Waals surface area (Å²) in [4.78, 5) is 29.0. The summed E-state index contributed by atoms with van der Waals surface area (Å²) in [6.07, 6.45) is 1.89. The Labute approximate surface area is 171 Å². The van der Waals surface area contributed by atoms with Crippen LogP contribution >= 0.6 is 0 Å². The predicted molar refractivity (Wildman–Crippen MR) is 111 cm³/mol. The number of pyridine rings is 1. The van der Waals surface area contributed by atoms with Gasteiger partial charge in [0.05, 0.1) is 0 Å². The van der Waals surface area contributed by atoms with E-state index in [0.29, 0.717) is 17.8 Å². The van der Waals surface area contributed by atoms with E-state index in [9.17, 15) is 9.59 Å². The molecule has 1 aliphatic rings. The van der Waals surface area contributed by atoms with Crippen molar-refractivity contribution < 1.29 is 13.9 Å². The van der Waals surface area contributed by atoms with Crippen LogP contribution in [-0.4, -0.2) is 22.0 Å². The quantitative estimate of drug-likeness (QED) is 0.554. The second-order valence-electron chi connectivity index (χ2n) is 7.13. The average Bonchev–Trinajstić information content (AvgIpc) is 3.09. The molecule has 2 aromatic carbocycles. The normalized spacial score (nSPS) is 12.8. The Hall–Kier alpha value is -3.87. The number of nitrogens with zero attached hydrogens (tertiary/aromatic N) is 2. The van der Waals surface area contributed by atoms with Crippen molar-refractivity contribution in [3.63, 3.8) is 0 Å². The molecule has 3 heterocycles. The van der Waals surface area contributed by atoms with Crippen molar-refractivity contribution in [2.45, 2.75) is 18.9 Å². The third-order valence-electron chi connectivity index (χ3n) is 5.28. The minimum absolute atomic E-state index is 0.0923. The van der Waals surface area contributed by atoms with Crippen molar-refractivity contribution >= 4 is 17.1 Å². The summed E-state index contributed by atoms with van der Waals surface area (Å²) in [6.45, 7) is 0.589. The first kappa shape index (κ1) is 18.2. The molecule has 0 spiro atoms. The molecule has 0 bridgehead atoms. The largest absolute Gasteiger partial charge is 0.457 e. The molecule has 0 fully saturated rings. The lowest BCUT2D eigenvalue weighted by Gasteiger charge is -2.27. The van der Waals surface area contributed by atoms with Crippen LogP contribution in [0.25, 0.3) is 11.2 Å². The van der Waals surface area contributed by atoms with Crippen LogP contribution in [0, 0.1) is 0 Å². The molecule has 0 saturated carbocycles. The van der Waals surface area contributed by atoms with Gasteiger partial charge in [0.25, 0.3) is 0 Å². The maximum atomic E-state index is 12.7. The minimum Gasteiger partial charge on any atom is -0.457 e. The summed E-state index contributed by atoms with van der Waals surface area (Å²) >= 11 is 0. The SMILES string of the molecule is O=C(CC1c2ccccc2Oc2ccccc21)NCCn1c(=O)oc2cccnc21. The highest BCUT2D eigenvalue weighted by molar-refractivity contribution is 5.78. The Morgan fingerprint density at radius 2 is 1.70 bits per heavy atom. The van der Waals surface area contributed by atoms with Gasteiger partial charge in [0.2, 0.25) is 5.91 Å². The predicted octanol–water partition coefficient (Wildman–Crippen LogP) is 3.43. The van der Waals surface area contributed by atoms with Gasteiger partial charge in [0, 0.05) is 42.8 Å². The third kappa shape index (κ3) is 3.24. The van der Waals surface area contributed by atoms with Gasteiger partial charge in [-0.15, -0.1) is 0 Å². The highest BCUT2D eigenvalue weighted by atomic mass is 16.5. The molecule has 0 radical (unpaired) electrons. The Bertz CT molecular complexity index is 1250. The smallest absolute Gasteiger partial charge is 0.421 e. The van der Waals surface area contributed by atoms with Gasteiger partial charge in [0.15, 0.2) is 11.2 Å². The highest BCUT2D eigenvalue weighted by Crippen LogP contribution is 2.45. The molecule has 7 nitrogen and oxygen atoms in total. The average molecular weight is 401 g/mol. The van der Waals surface area contributed by atoms with E-state index in [2.05, 4.69) is 10.3 Å². The summed E-state index contributed by atoms with van der Waals surface area (Å²) in [5.41, 5.74) is 2.90. The second kappa shape index (κ2) is 7.51. The van der Waals surface area contributed by atoms with Crippen molar-refractivity contribution in [3.8, 4) is 11.5 Å². The van der Waals surface area contributed by atoms with Crippen LogP contribution in [-0.2, 0) is 11.3 Å². The van der Waals surface area contributed by atoms with Gasteiger partial charge in [-0.1, -0.05) is 36.4 Å². The van der Waals surface area contributed by atoms with Crippen molar-refractivity contribution in [1.82, 2.24) is 14.9 Å². The first-order valence-electron chi connectivity index (χ1n) is 9.77. The number of amides is 1. The third-order valence-corrected chi connectivity index (χ3v) is 5.28. The monoisotopic (exact) mass is 401 g/mol. The standard InChI is InChI=1S/C23H19N3O4/c27-21(24-12-13-26-22-20(30-23(26)28)10-5-11-25-22)14-17-15-6-1-3-8-18(15)29-19-9-4-2-7-16(17)19/h1-11,17H,12-14H2,(H,24,27). The fourth-order valence-electron chi connectivity index (χ4n) is 3.89. The van der Waals surface area contributed by atoms with E-state index in [4.69, 9.17) is 9.15 Å². The number of aromatic nitrogens is 2. The van der Waals surface area contributed by atoms with Gasteiger partial charge in [-0.25, -0.2) is 9.78 Å². The molecular weight excluding hydrogens is 382 g/mol. The molecular formula is C23H19N3O4. The van der Waals surface area contributed by atoms with Crippen LogP contribution in [0.15, 0.2) is 76.1 Å². The molecule has 0 saturated heterocycles. The number of para-hydroxylation sites is 2. The molecule has 0 unspecified atom stereocenters.